The maximum atomic E-state index is 10.9. The van der Waals surface area contributed by atoms with Crippen LogP contribution in [0.1, 0.15) is 6.92 Å². The van der Waals surface area contributed by atoms with E-state index in [1.807, 2.05) is 6.07 Å². The Morgan fingerprint density at radius 1 is 1.11 bits per heavy atom. The van der Waals surface area contributed by atoms with Gasteiger partial charge in [0.25, 0.3) is 0 Å². The topological polar surface area (TPSA) is 38.3 Å². The van der Waals surface area contributed by atoms with E-state index in [-0.39, 0.29) is 5.97 Å². The summed E-state index contributed by atoms with van der Waals surface area (Å²) in [7, 11) is 0. The van der Waals surface area contributed by atoms with Crippen LogP contribution in [0, 0.1) is 0 Å². The molecule has 2 aromatic rings. The van der Waals surface area contributed by atoms with Crippen molar-refractivity contribution in [3.63, 3.8) is 0 Å². The van der Waals surface area contributed by atoms with Gasteiger partial charge in [-0.3, -0.25) is 4.79 Å². The Bertz CT molecular complexity index is 594. The van der Waals surface area contributed by atoms with Crippen LogP contribution in [0.4, 0.5) is 11.4 Å². The number of rotatable bonds is 3. The molecular formula is C14H11Cl2NO2. The van der Waals surface area contributed by atoms with E-state index >= 15 is 0 Å². The van der Waals surface area contributed by atoms with Gasteiger partial charge in [-0.2, -0.15) is 0 Å². The average Bonchev–Trinajstić information content (AvgIpc) is 2.34. The molecule has 0 spiro atoms. The van der Waals surface area contributed by atoms with Gasteiger partial charge >= 0.3 is 5.97 Å². The molecule has 0 fully saturated rings. The highest BCUT2D eigenvalue weighted by molar-refractivity contribution is 6.39. The van der Waals surface area contributed by atoms with Gasteiger partial charge in [-0.25, -0.2) is 0 Å². The van der Waals surface area contributed by atoms with E-state index in [9.17, 15) is 4.79 Å². The number of halogens is 2. The maximum Gasteiger partial charge on any atom is 0.308 e. The molecule has 0 atom stereocenters. The van der Waals surface area contributed by atoms with Crippen molar-refractivity contribution in [2.24, 2.45) is 0 Å². The molecule has 0 unspecified atom stereocenters. The van der Waals surface area contributed by atoms with Crippen molar-refractivity contribution >= 4 is 40.5 Å². The minimum absolute atomic E-state index is 0.368. The third kappa shape index (κ3) is 3.63. The molecule has 0 heterocycles. The van der Waals surface area contributed by atoms with Gasteiger partial charge in [-0.05, 0) is 24.3 Å². The van der Waals surface area contributed by atoms with Crippen LogP contribution in [0.15, 0.2) is 42.5 Å². The highest BCUT2D eigenvalue weighted by Crippen LogP contribution is 2.33. The van der Waals surface area contributed by atoms with Crippen molar-refractivity contribution in [2.75, 3.05) is 5.32 Å². The standard InChI is InChI=1S/C14H11Cl2NO2/c1-9(18)19-11-5-2-4-10(8-11)17-14-12(15)6-3-7-13(14)16/h2-8,17H,1H3. The number of ether oxygens (including phenoxy) is 1. The van der Waals surface area contributed by atoms with E-state index in [1.54, 1.807) is 36.4 Å². The van der Waals surface area contributed by atoms with Crippen molar-refractivity contribution in [3.8, 4) is 5.75 Å². The Balaban J connectivity index is 2.26. The number of anilines is 2. The first kappa shape index (κ1) is 13.7. The van der Waals surface area contributed by atoms with E-state index in [0.29, 0.717) is 21.5 Å². The van der Waals surface area contributed by atoms with Crippen molar-refractivity contribution in [2.45, 2.75) is 6.92 Å². The lowest BCUT2D eigenvalue weighted by atomic mass is 10.2. The molecule has 0 amide bonds. The second-order valence-corrected chi connectivity index (χ2v) is 4.66. The lowest BCUT2D eigenvalue weighted by molar-refractivity contribution is -0.131. The molecule has 2 aromatic carbocycles. The first-order valence-corrected chi connectivity index (χ1v) is 6.31. The molecule has 0 aliphatic carbocycles. The van der Waals surface area contributed by atoms with E-state index < -0.39 is 0 Å². The van der Waals surface area contributed by atoms with E-state index in [1.165, 1.54) is 6.92 Å². The van der Waals surface area contributed by atoms with Crippen molar-refractivity contribution in [1.82, 2.24) is 0 Å². The minimum Gasteiger partial charge on any atom is -0.427 e. The summed E-state index contributed by atoms with van der Waals surface area (Å²) in [5.41, 5.74) is 1.35. The van der Waals surface area contributed by atoms with Gasteiger partial charge in [0, 0.05) is 18.7 Å². The summed E-state index contributed by atoms with van der Waals surface area (Å²) in [6, 6.07) is 12.2. The molecule has 98 valence electrons. The van der Waals surface area contributed by atoms with Crippen molar-refractivity contribution in [3.05, 3.63) is 52.5 Å². The average molecular weight is 296 g/mol. The minimum atomic E-state index is -0.368. The summed E-state index contributed by atoms with van der Waals surface area (Å²) in [4.78, 5) is 10.9. The van der Waals surface area contributed by atoms with Crippen LogP contribution >= 0.6 is 23.2 Å². The zero-order chi connectivity index (χ0) is 13.8. The molecule has 0 radical (unpaired) electrons. The first-order valence-electron chi connectivity index (χ1n) is 5.56. The predicted octanol–water partition coefficient (Wildman–Crippen LogP) is 4.66. The summed E-state index contributed by atoms with van der Waals surface area (Å²) in [5, 5.41) is 4.14. The molecule has 0 aliphatic rings. The maximum absolute atomic E-state index is 10.9. The number of hydrogen-bond acceptors (Lipinski definition) is 3. The second-order valence-electron chi connectivity index (χ2n) is 3.84. The van der Waals surface area contributed by atoms with Gasteiger partial charge < -0.3 is 10.1 Å². The fourth-order valence-electron chi connectivity index (χ4n) is 1.56. The molecule has 3 nitrogen and oxygen atoms in total. The van der Waals surface area contributed by atoms with E-state index in [2.05, 4.69) is 5.32 Å². The highest BCUT2D eigenvalue weighted by atomic mass is 35.5. The molecule has 1 N–H and O–H groups in total. The van der Waals surface area contributed by atoms with Crippen molar-refractivity contribution in [1.29, 1.82) is 0 Å². The van der Waals surface area contributed by atoms with Crippen molar-refractivity contribution < 1.29 is 9.53 Å². The summed E-state index contributed by atoms with van der Waals surface area (Å²) in [5.74, 6) is 0.0913. The smallest absolute Gasteiger partial charge is 0.308 e. The third-order valence-corrected chi connectivity index (χ3v) is 2.96. The normalized spacial score (nSPS) is 10.1. The Kier molecular flexibility index (Phi) is 4.30. The summed E-state index contributed by atoms with van der Waals surface area (Å²) in [6.07, 6.45) is 0. The van der Waals surface area contributed by atoms with E-state index in [0.717, 1.165) is 5.69 Å². The molecule has 19 heavy (non-hydrogen) atoms. The zero-order valence-electron chi connectivity index (χ0n) is 10.1. The number of esters is 1. The number of benzene rings is 2. The summed E-state index contributed by atoms with van der Waals surface area (Å²) < 4.78 is 5.01. The SMILES string of the molecule is CC(=O)Oc1cccc(Nc2c(Cl)cccc2Cl)c1. The Labute approximate surface area is 121 Å². The molecule has 0 saturated carbocycles. The monoisotopic (exact) mass is 295 g/mol. The first-order chi connectivity index (χ1) is 9.06. The number of carbonyl (C=O) groups excluding carboxylic acids is 1. The molecule has 2 rings (SSSR count). The molecule has 0 aliphatic heterocycles. The molecule has 5 heteroatoms. The Hall–Kier alpha value is -1.71. The van der Waals surface area contributed by atoms with Crippen LogP contribution in [-0.2, 0) is 4.79 Å². The molecule has 0 aromatic heterocycles. The quantitative estimate of drug-likeness (QED) is 0.661. The number of carbonyl (C=O) groups is 1. The Morgan fingerprint density at radius 3 is 2.37 bits per heavy atom. The number of nitrogens with one attached hydrogen (secondary N) is 1. The van der Waals surface area contributed by atoms with Crippen LogP contribution in [0.3, 0.4) is 0 Å². The second kappa shape index (κ2) is 5.95. The number of hydrogen-bond donors (Lipinski definition) is 1. The fraction of sp³-hybridized carbons (Fsp3) is 0.0714. The van der Waals surface area contributed by atoms with Gasteiger partial charge in [-0.1, -0.05) is 35.3 Å². The molecular weight excluding hydrogens is 285 g/mol. The van der Waals surface area contributed by atoms with Crippen LogP contribution in [-0.4, -0.2) is 5.97 Å². The van der Waals surface area contributed by atoms with Gasteiger partial charge in [0.15, 0.2) is 0 Å². The lowest BCUT2D eigenvalue weighted by Crippen LogP contribution is -2.01. The van der Waals surface area contributed by atoms with Gasteiger partial charge in [-0.15, -0.1) is 0 Å². The van der Waals surface area contributed by atoms with Gasteiger partial charge in [0.1, 0.15) is 5.75 Å². The highest BCUT2D eigenvalue weighted by Gasteiger charge is 2.06. The zero-order valence-corrected chi connectivity index (χ0v) is 11.6. The number of para-hydroxylation sites is 1. The lowest BCUT2D eigenvalue weighted by Gasteiger charge is -2.11. The third-order valence-electron chi connectivity index (χ3n) is 2.33. The fourth-order valence-corrected chi connectivity index (χ4v) is 2.06. The molecule has 0 saturated heterocycles. The van der Waals surface area contributed by atoms with Gasteiger partial charge in [0.2, 0.25) is 0 Å². The van der Waals surface area contributed by atoms with Crippen LogP contribution in [0.2, 0.25) is 10.0 Å². The molecule has 0 bridgehead atoms. The van der Waals surface area contributed by atoms with Gasteiger partial charge in [0.05, 0.1) is 15.7 Å². The predicted molar refractivity (Wildman–Crippen MR) is 77.5 cm³/mol. The van der Waals surface area contributed by atoms with Crippen LogP contribution in [0.5, 0.6) is 5.75 Å². The van der Waals surface area contributed by atoms with E-state index in [4.69, 9.17) is 27.9 Å². The van der Waals surface area contributed by atoms with Crippen LogP contribution in [0.25, 0.3) is 0 Å². The van der Waals surface area contributed by atoms with Crippen LogP contribution < -0.4 is 10.1 Å². The largest absolute Gasteiger partial charge is 0.427 e. The Morgan fingerprint density at radius 2 is 1.74 bits per heavy atom. The summed E-state index contributed by atoms with van der Waals surface area (Å²) in [6.45, 7) is 1.35. The summed E-state index contributed by atoms with van der Waals surface area (Å²) >= 11 is 12.1.